The Morgan fingerprint density at radius 1 is 1.56 bits per heavy atom. The number of nitriles is 1. The van der Waals surface area contributed by atoms with Gasteiger partial charge in [-0.3, -0.25) is 0 Å². The molecule has 1 heteroatoms. The number of rotatable bonds is 4. The van der Waals surface area contributed by atoms with Gasteiger partial charge in [0.2, 0.25) is 0 Å². The molecule has 0 amide bonds. The second-order valence-electron chi connectivity index (χ2n) is 1.71. The lowest BCUT2D eigenvalue weighted by Crippen LogP contribution is -1.66. The maximum Gasteiger partial charge on any atom is 0.0621 e. The van der Waals surface area contributed by atoms with Crippen LogP contribution >= 0.6 is 0 Å². The Morgan fingerprint density at radius 3 is 2.89 bits per heavy atom. The van der Waals surface area contributed by atoms with Crippen LogP contribution in [-0.2, 0) is 0 Å². The van der Waals surface area contributed by atoms with E-state index >= 15 is 0 Å². The molecule has 0 aliphatic heterocycles. The van der Waals surface area contributed by atoms with Crippen molar-refractivity contribution in [3.63, 3.8) is 0 Å². The van der Waals surface area contributed by atoms with Crippen LogP contribution in [0.4, 0.5) is 0 Å². The van der Waals surface area contributed by atoms with Crippen LogP contribution in [-0.4, -0.2) is 0 Å². The average molecular weight is 121 g/mol. The summed E-state index contributed by atoms with van der Waals surface area (Å²) >= 11 is 0. The van der Waals surface area contributed by atoms with Gasteiger partial charge in [0.1, 0.15) is 0 Å². The third-order valence-corrected chi connectivity index (χ3v) is 0.932. The Labute approximate surface area is 56.3 Å². The molecule has 0 saturated heterocycles. The van der Waals surface area contributed by atoms with Gasteiger partial charge in [-0.25, -0.2) is 0 Å². The van der Waals surface area contributed by atoms with Crippen LogP contribution in [0.15, 0.2) is 24.8 Å². The quantitative estimate of drug-likeness (QED) is 0.414. The first-order chi connectivity index (χ1) is 4.41. The second-order valence-corrected chi connectivity index (χ2v) is 1.71. The topological polar surface area (TPSA) is 23.8 Å². The first kappa shape index (κ1) is 7.97. The molecule has 1 nitrogen and oxygen atoms in total. The summed E-state index contributed by atoms with van der Waals surface area (Å²) in [4.78, 5) is 0. The van der Waals surface area contributed by atoms with Crippen molar-refractivity contribution in [1.82, 2.24) is 0 Å². The van der Waals surface area contributed by atoms with Crippen molar-refractivity contribution in [2.75, 3.05) is 0 Å². The van der Waals surface area contributed by atoms with E-state index in [1.165, 1.54) is 0 Å². The Balaban J connectivity index is 3.01. The predicted octanol–water partition coefficient (Wildman–Crippen LogP) is 2.42. The zero-order valence-electron chi connectivity index (χ0n) is 5.51. The Hall–Kier alpha value is -1.03. The predicted molar refractivity (Wildman–Crippen MR) is 38.8 cm³/mol. The van der Waals surface area contributed by atoms with E-state index < -0.39 is 0 Å². The zero-order chi connectivity index (χ0) is 6.95. The lowest BCUT2D eigenvalue weighted by atomic mass is 10.2. The van der Waals surface area contributed by atoms with Crippen LogP contribution in [0.5, 0.6) is 0 Å². The first-order valence-corrected chi connectivity index (χ1v) is 3.06. The van der Waals surface area contributed by atoms with Crippen molar-refractivity contribution in [1.29, 1.82) is 5.26 Å². The van der Waals surface area contributed by atoms with Crippen LogP contribution in [0.2, 0.25) is 0 Å². The van der Waals surface area contributed by atoms with Gasteiger partial charge in [-0.05, 0) is 12.8 Å². The van der Waals surface area contributed by atoms with Gasteiger partial charge in [-0.15, -0.1) is 0 Å². The fourth-order valence-corrected chi connectivity index (χ4v) is 0.491. The molecule has 0 unspecified atom stereocenters. The summed E-state index contributed by atoms with van der Waals surface area (Å²) in [7, 11) is 0. The molecule has 0 N–H and O–H groups in total. The van der Waals surface area contributed by atoms with Crippen molar-refractivity contribution in [2.45, 2.75) is 19.3 Å². The minimum atomic E-state index is 0.654. The van der Waals surface area contributed by atoms with Crippen LogP contribution in [0.1, 0.15) is 19.3 Å². The molecule has 0 aromatic rings. The Morgan fingerprint density at radius 2 is 2.33 bits per heavy atom. The van der Waals surface area contributed by atoms with Crippen molar-refractivity contribution in [3.05, 3.63) is 24.8 Å². The third kappa shape index (κ3) is 6.97. The van der Waals surface area contributed by atoms with Gasteiger partial charge in [0.25, 0.3) is 0 Å². The van der Waals surface area contributed by atoms with E-state index in [0.29, 0.717) is 6.42 Å². The van der Waals surface area contributed by atoms with E-state index in [2.05, 4.69) is 12.6 Å². The van der Waals surface area contributed by atoms with Crippen LogP contribution in [0.3, 0.4) is 0 Å². The minimum Gasteiger partial charge on any atom is -0.198 e. The SMILES string of the molecule is C=C/C=C/CCCC#N. The molecular formula is C8H11N. The summed E-state index contributed by atoms with van der Waals surface area (Å²) < 4.78 is 0. The summed E-state index contributed by atoms with van der Waals surface area (Å²) in [5, 5.41) is 8.13. The Kier molecular flexibility index (Phi) is 6.17. The van der Waals surface area contributed by atoms with Gasteiger partial charge in [0.05, 0.1) is 6.07 Å². The van der Waals surface area contributed by atoms with Gasteiger partial charge in [-0.1, -0.05) is 24.8 Å². The van der Waals surface area contributed by atoms with Crippen molar-refractivity contribution >= 4 is 0 Å². The monoisotopic (exact) mass is 121 g/mol. The van der Waals surface area contributed by atoms with Crippen LogP contribution < -0.4 is 0 Å². The molecule has 0 rings (SSSR count). The molecule has 0 spiro atoms. The van der Waals surface area contributed by atoms with Gasteiger partial charge in [0, 0.05) is 6.42 Å². The van der Waals surface area contributed by atoms with Crippen molar-refractivity contribution in [2.24, 2.45) is 0 Å². The highest BCUT2D eigenvalue weighted by Gasteiger charge is 1.78. The molecule has 0 atom stereocenters. The fourth-order valence-electron chi connectivity index (χ4n) is 0.491. The zero-order valence-corrected chi connectivity index (χ0v) is 5.51. The van der Waals surface area contributed by atoms with E-state index in [-0.39, 0.29) is 0 Å². The molecule has 48 valence electrons. The first-order valence-electron chi connectivity index (χ1n) is 3.06. The summed E-state index contributed by atoms with van der Waals surface area (Å²) in [6.07, 6.45) is 8.26. The normalized spacial score (nSPS) is 9.22. The fraction of sp³-hybridized carbons (Fsp3) is 0.375. The highest BCUT2D eigenvalue weighted by atomic mass is 14.2. The van der Waals surface area contributed by atoms with Gasteiger partial charge in [0.15, 0.2) is 0 Å². The highest BCUT2D eigenvalue weighted by molar-refractivity contribution is 4.97. The summed E-state index contributed by atoms with van der Waals surface area (Å²) in [6, 6.07) is 2.08. The standard InChI is InChI=1S/C8H11N/c1-2-3-4-5-6-7-8-9/h2-4H,1,5-7H2/b4-3+. The maximum atomic E-state index is 8.13. The lowest BCUT2D eigenvalue weighted by molar-refractivity contribution is 0.876. The van der Waals surface area contributed by atoms with Gasteiger partial charge >= 0.3 is 0 Å². The maximum absolute atomic E-state index is 8.13. The van der Waals surface area contributed by atoms with Gasteiger partial charge < -0.3 is 0 Å². The van der Waals surface area contributed by atoms with Crippen LogP contribution in [0, 0.1) is 11.3 Å². The van der Waals surface area contributed by atoms with E-state index in [0.717, 1.165) is 12.8 Å². The summed E-state index contributed by atoms with van der Waals surface area (Å²) in [6.45, 7) is 3.53. The third-order valence-electron chi connectivity index (χ3n) is 0.932. The summed E-state index contributed by atoms with van der Waals surface area (Å²) in [5.41, 5.74) is 0. The molecule has 9 heavy (non-hydrogen) atoms. The smallest absolute Gasteiger partial charge is 0.0621 e. The molecular weight excluding hydrogens is 110 g/mol. The summed E-state index contributed by atoms with van der Waals surface area (Å²) in [5.74, 6) is 0. The Bertz CT molecular complexity index is 128. The molecule has 0 aromatic carbocycles. The molecule has 0 bridgehead atoms. The largest absolute Gasteiger partial charge is 0.198 e. The lowest BCUT2D eigenvalue weighted by Gasteiger charge is -1.82. The second kappa shape index (κ2) is 6.97. The molecule has 0 aliphatic carbocycles. The molecule has 0 heterocycles. The molecule has 0 fully saturated rings. The van der Waals surface area contributed by atoms with E-state index in [1.807, 2.05) is 12.2 Å². The van der Waals surface area contributed by atoms with Crippen molar-refractivity contribution < 1.29 is 0 Å². The van der Waals surface area contributed by atoms with E-state index in [1.54, 1.807) is 6.08 Å². The molecule has 0 saturated carbocycles. The number of allylic oxidation sites excluding steroid dienone is 3. The van der Waals surface area contributed by atoms with Crippen LogP contribution in [0.25, 0.3) is 0 Å². The minimum absolute atomic E-state index is 0.654. The van der Waals surface area contributed by atoms with E-state index in [9.17, 15) is 0 Å². The highest BCUT2D eigenvalue weighted by Crippen LogP contribution is 1.94. The number of hydrogen-bond donors (Lipinski definition) is 0. The molecule has 0 aliphatic rings. The van der Waals surface area contributed by atoms with Crippen molar-refractivity contribution in [3.8, 4) is 6.07 Å². The molecule has 0 radical (unpaired) electrons. The van der Waals surface area contributed by atoms with E-state index in [4.69, 9.17) is 5.26 Å². The number of hydrogen-bond acceptors (Lipinski definition) is 1. The number of unbranched alkanes of at least 4 members (excludes halogenated alkanes) is 2. The average Bonchev–Trinajstić information content (AvgIpc) is 1.89. The molecule has 0 aromatic heterocycles. The van der Waals surface area contributed by atoms with Gasteiger partial charge in [-0.2, -0.15) is 5.26 Å². The number of nitrogens with zero attached hydrogens (tertiary/aromatic N) is 1.